The van der Waals surface area contributed by atoms with Gasteiger partial charge in [0.25, 0.3) is 0 Å². The number of hydrazine groups is 1. The van der Waals surface area contributed by atoms with E-state index >= 15 is 0 Å². The van der Waals surface area contributed by atoms with Crippen molar-refractivity contribution in [1.29, 1.82) is 0 Å². The van der Waals surface area contributed by atoms with Gasteiger partial charge in [0.1, 0.15) is 0 Å². The standard InChI is InChI=1S/C13H19F3N2/c1-8(2)4-3-5-12(18-17)9-6-10(14)13(16)11(15)7-9/h6-8,12,18H,3-5,17H2,1-2H3. The maximum absolute atomic E-state index is 13.1. The summed E-state index contributed by atoms with van der Waals surface area (Å²) in [5.74, 6) is 2.11. The van der Waals surface area contributed by atoms with Crippen molar-refractivity contribution in [3.05, 3.63) is 35.1 Å². The van der Waals surface area contributed by atoms with Crippen molar-refractivity contribution < 1.29 is 13.2 Å². The maximum atomic E-state index is 13.1. The third kappa shape index (κ3) is 3.99. The summed E-state index contributed by atoms with van der Waals surface area (Å²) in [6.07, 6.45) is 2.54. The molecule has 0 aromatic heterocycles. The highest BCUT2D eigenvalue weighted by molar-refractivity contribution is 5.22. The average Bonchev–Trinajstić information content (AvgIpc) is 2.30. The molecule has 0 heterocycles. The van der Waals surface area contributed by atoms with Gasteiger partial charge in [-0.25, -0.2) is 13.2 Å². The van der Waals surface area contributed by atoms with E-state index in [1.54, 1.807) is 0 Å². The molecule has 2 nitrogen and oxygen atoms in total. The molecule has 0 aliphatic heterocycles. The molecule has 3 N–H and O–H groups in total. The van der Waals surface area contributed by atoms with Crippen LogP contribution in [0.5, 0.6) is 0 Å². The smallest absolute Gasteiger partial charge is 0.194 e. The van der Waals surface area contributed by atoms with Gasteiger partial charge in [-0.3, -0.25) is 11.3 Å². The monoisotopic (exact) mass is 260 g/mol. The quantitative estimate of drug-likeness (QED) is 0.467. The molecule has 1 aromatic carbocycles. The average molecular weight is 260 g/mol. The zero-order valence-corrected chi connectivity index (χ0v) is 10.6. The Labute approximate surface area is 105 Å². The first-order chi connectivity index (χ1) is 8.45. The molecule has 0 radical (unpaired) electrons. The molecule has 0 amide bonds. The Balaban J connectivity index is 2.76. The van der Waals surface area contributed by atoms with Gasteiger partial charge in [-0.2, -0.15) is 0 Å². The fourth-order valence-electron chi connectivity index (χ4n) is 1.85. The molecule has 1 aromatic rings. The van der Waals surface area contributed by atoms with Gasteiger partial charge >= 0.3 is 0 Å². The predicted octanol–water partition coefficient (Wildman–Crippen LogP) is 3.43. The van der Waals surface area contributed by atoms with Crippen LogP contribution in [0, 0.1) is 23.4 Å². The molecule has 1 unspecified atom stereocenters. The summed E-state index contributed by atoms with van der Waals surface area (Å²) in [7, 11) is 0. The molecular weight excluding hydrogens is 241 g/mol. The van der Waals surface area contributed by atoms with Crippen LogP contribution in [0.2, 0.25) is 0 Å². The molecule has 102 valence electrons. The minimum absolute atomic E-state index is 0.331. The molecule has 0 bridgehead atoms. The molecule has 0 fully saturated rings. The van der Waals surface area contributed by atoms with Crippen molar-refractivity contribution in [2.24, 2.45) is 11.8 Å². The highest BCUT2D eigenvalue weighted by Crippen LogP contribution is 2.23. The lowest BCUT2D eigenvalue weighted by Gasteiger charge is -2.17. The Morgan fingerprint density at radius 1 is 1.11 bits per heavy atom. The van der Waals surface area contributed by atoms with Crippen LogP contribution in [0.3, 0.4) is 0 Å². The highest BCUT2D eigenvalue weighted by Gasteiger charge is 2.16. The van der Waals surface area contributed by atoms with Gasteiger partial charge < -0.3 is 0 Å². The summed E-state index contributed by atoms with van der Waals surface area (Å²) in [6.45, 7) is 4.20. The van der Waals surface area contributed by atoms with Gasteiger partial charge in [0.05, 0.1) is 0 Å². The number of benzene rings is 1. The van der Waals surface area contributed by atoms with Gasteiger partial charge in [0, 0.05) is 6.04 Å². The predicted molar refractivity (Wildman–Crippen MR) is 65.1 cm³/mol. The van der Waals surface area contributed by atoms with Crippen molar-refractivity contribution in [2.45, 2.75) is 39.2 Å². The first-order valence-electron chi connectivity index (χ1n) is 6.06. The Morgan fingerprint density at radius 2 is 1.67 bits per heavy atom. The van der Waals surface area contributed by atoms with Gasteiger partial charge in [-0.1, -0.05) is 26.7 Å². The first kappa shape index (κ1) is 15.0. The Morgan fingerprint density at radius 3 is 2.11 bits per heavy atom. The van der Waals surface area contributed by atoms with Gasteiger partial charge in [-0.15, -0.1) is 0 Å². The van der Waals surface area contributed by atoms with E-state index in [1.165, 1.54) is 0 Å². The molecule has 18 heavy (non-hydrogen) atoms. The van der Waals surface area contributed by atoms with Crippen LogP contribution < -0.4 is 11.3 Å². The lowest BCUT2D eigenvalue weighted by Crippen LogP contribution is -2.28. The fraction of sp³-hybridized carbons (Fsp3) is 0.538. The molecule has 0 aliphatic carbocycles. The molecule has 0 saturated carbocycles. The summed E-state index contributed by atoms with van der Waals surface area (Å²) >= 11 is 0. The summed E-state index contributed by atoms with van der Waals surface area (Å²) in [5.41, 5.74) is 2.84. The van der Waals surface area contributed by atoms with Crippen LogP contribution in [0.15, 0.2) is 12.1 Å². The van der Waals surface area contributed by atoms with Crippen LogP contribution in [0.4, 0.5) is 13.2 Å². The van der Waals surface area contributed by atoms with Crippen molar-refractivity contribution in [3.8, 4) is 0 Å². The number of hydrogen-bond acceptors (Lipinski definition) is 2. The van der Waals surface area contributed by atoms with Gasteiger partial charge in [0.15, 0.2) is 17.5 Å². The topological polar surface area (TPSA) is 38.0 Å². The van der Waals surface area contributed by atoms with E-state index in [0.29, 0.717) is 17.9 Å². The number of nitrogens with one attached hydrogen (secondary N) is 1. The van der Waals surface area contributed by atoms with E-state index in [-0.39, 0.29) is 6.04 Å². The van der Waals surface area contributed by atoms with E-state index in [9.17, 15) is 13.2 Å². The summed E-state index contributed by atoms with van der Waals surface area (Å²) in [6, 6.07) is 1.60. The van der Waals surface area contributed by atoms with Crippen LogP contribution in [-0.4, -0.2) is 0 Å². The van der Waals surface area contributed by atoms with Crippen LogP contribution >= 0.6 is 0 Å². The largest absolute Gasteiger partial charge is 0.271 e. The molecule has 0 saturated heterocycles. The normalized spacial score (nSPS) is 13.1. The van der Waals surface area contributed by atoms with Crippen molar-refractivity contribution in [3.63, 3.8) is 0 Å². The second kappa shape index (κ2) is 6.75. The zero-order valence-electron chi connectivity index (χ0n) is 10.6. The second-order valence-corrected chi connectivity index (χ2v) is 4.84. The molecule has 1 rings (SSSR count). The van der Waals surface area contributed by atoms with E-state index in [0.717, 1.165) is 25.0 Å². The fourth-order valence-corrected chi connectivity index (χ4v) is 1.85. The number of rotatable bonds is 6. The van der Waals surface area contributed by atoms with E-state index in [4.69, 9.17) is 5.84 Å². The van der Waals surface area contributed by atoms with Crippen molar-refractivity contribution in [2.75, 3.05) is 0 Å². The molecule has 1 atom stereocenters. The lowest BCUT2D eigenvalue weighted by atomic mass is 9.98. The molecular formula is C13H19F3N2. The van der Waals surface area contributed by atoms with E-state index < -0.39 is 17.5 Å². The Hall–Kier alpha value is -1.07. The Bertz CT molecular complexity index is 371. The third-order valence-electron chi connectivity index (χ3n) is 2.88. The lowest BCUT2D eigenvalue weighted by molar-refractivity contribution is 0.427. The summed E-state index contributed by atoms with van der Waals surface area (Å²) in [4.78, 5) is 0. The van der Waals surface area contributed by atoms with E-state index in [1.807, 2.05) is 0 Å². The second-order valence-electron chi connectivity index (χ2n) is 4.84. The molecule has 5 heteroatoms. The molecule has 0 aliphatic rings. The van der Waals surface area contributed by atoms with Crippen LogP contribution in [-0.2, 0) is 0 Å². The Kier molecular flexibility index (Phi) is 5.62. The molecule has 0 spiro atoms. The van der Waals surface area contributed by atoms with Gasteiger partial charge in [0.2, 0.25) is 0 Å². The number of halogens is 3. The minimum atomic E-state index is -1.45. The van der Waals surface area contributed by atoms with Crippen LogP contribution in [0.25, 0.3) is 0 Å². The van der Waals surface area contributed by atoms with Gasteiger partial charge in [-0.05, 0) is 30.0 Å². The summed E-state index contributed by atoms with van der Waals surface area (Å²) in [5, 5.41) is 0. The van der Waals surface area contributed by atoms with Crippen molar-refractivity contribution in [1.82, 2.24) is 5.43 Å². The zero-order chi connectivity index (χ0) is 13.7. The van der Waals surface area contributed by atoms with E-state index in [2.05, 4.69) is 19.3 Å². The van der Waals surface area contributed by atoms with Crippen molar-refractivity contribution >= 4 is 0 Å². The minimum Gasteiger partial charge on any atom is -0.271 e. The number of hydrogen-bond donors (Lipinski definition) is 2. The maximum Gasteiger partial charge on any atom is 0.194 e. The van der Waals surface area contributed by atoms with Crippen LogP contribution in [0.1, 0.15) is 44.7 Å². The summed E-state index contributed by atoms with van der Waals surface area (Å²) < 4.78 is 39.0. The SMILES string of the molecule is CC(C)CCCC(NN)c1cc(F)c(F)c(F)c1. The third-order valence-corrected chi connectivity index (χ3v) is 2.88. The number of nitrogens with two attached hydrogens (primary N) is 1. The first-order valence-corrected chi connectivity index (χ1v) is 6.06. The highest BCUT2D eigenvalue weighted by atomic mass is 19.2.